The molecule has 0 saturated heterocycles. The highest BCUT2D eigenvalue weighted by Crippen LogP contribution is 2.18. The van der Waals surface area contributed by atoms with Gasteiger partial charge in [0.05, 0.1) is 0 Å². The Labute approximate surface area is 109 Å². The molecule has 2 aromatic rings. The quantitative estimate of drug-likeness (QED) is 0.906. The highest BCUT2D eigenvalue weighted by atomic mass is 35.5. The first-order valence-corrected chi connectivity index (χ1v) is 6.31. The smallest absolute Gasteiger partial charge is 0.207 e. The summed E-state index contributed by atoms with van der Waals surface area (Å²) in [5.41, 5.74) is 1.18. The summed E-state index contributed by atoms with van der Waals surface area (Å²) in [7, 11) is 1.91. The van der Waals surface area contributed by atoms with Gasteiger partial charge in [0.25, 0.3) is 0 Å². The molecule has 0 bridgehead atoms. The zero-order valence-electron chi connectivity index (χ0n) is 9.31. The van der Waals surface area contributed by atoms with Crippen molar-refractivity contribution in [3.8, 4) is 5.75 Å². The number of rotatable bonds is 5. The number of hydrogen-bond donors (Lipinski definition) is 1. The third kappa shape index (κ3) is 3.66. The third-order valence-corrected chi connectivity index (χ3v) is 3.08. The molecule has 90 valence electrons. The van der Waals surface area contributed by atoms with Crippen LogP contribution in [0.1, 0.15) is 10.6 Å². The van der Waals surface area contributed by atoms with Gasteiger partial charge in [-0.25, -0.2) is 0 Å². The summed E-state index contributed by atoms with van der Waals surface area (Å²) in [6.07, 6.45) is 0. The highest BCUT2D eigenvalue weighted by Gasteiger charge is 2.03. The molecule has 0 saturated carbocycles. The molecule has 0 amide bonds. The van der Waals surface area contributed by atoms with E-state index in [0.29, 0.717) is 11.1 Å². The fourth-order valence-corrected chi connectivity index (χ4v) is 2.17. The molecule has 1 heterocycles. The van der Waals surface area contributed by atoms with Crippen LogP contribution in [0.5, 0.6) is 5.75 Å². The van der Waals surface area contributed by atoms with Crippen molar-refractivity contribution < 1.29 is 4.74 Å². The van der Waals surface area contributed by atoms with Crippen molar-refractivity contribution in [1.29, 1.82) is 0 Å². The maximum Gasteiger partial charge on any atom is 0.207 e. The number of ether oxygens (including phenoxy) is 1. The van der Waals surface area contributed by atoms with Gasteiger partial charge < -0.3 is 10.1 Å². The Balaban J connectivity index is 1.96. The van der Waals surface area contributed by atoms with E-state index < -0.39 is 0 Å². The predicted octanol–water partition coefficient (Wildman–Crippen LogP) is 2.49. The summed E-state index contributed by atoms with van der Waals surface area (Å²) >= 11 is 7.02. The fourth-order valence-electron chi connectivity index (χ4n) is 1.39. The van der Waals surface area contributed by atoms with Crippen LogP contribution in [0.25, 0.3) is 0 Å². The lowest BCUT2D eigenvalue weighted by molar-refractivity contribution is 0.304. The van der Waals surface area contributed by atoms with Crippen molar-refractivity contribution in [2.45, 2.75) is 13.2 Å². The molecule has 1 N–H and O–H groups in total. The number of nitrogens with zero attached hydrogens (tertiary/aromatic N) is 2. The van der Waals surface area contributed by atoms with Gasteiger partial charge in [-0.2, -0.15) is 0 Å². The number of benzene rings is 1. The zero-order valence-corrected chi connectivity index (χ0v) is 10.9. The van der Waals surface area contributed by atoms with Crippen LogP contribution in [0, 0.1) is 0 Å². The van der Waals surface area contributed by atoms with Crippen LogP contribution in [0.2, 0.25) is 4.47 Å². The average molecular weight is 270 g/mol. The van der Waals surface area contributed by atoms with E-state index >= 15 is 0 Å². The summed E-state index contributed by atoms with van der Waals surface area (Å²) in [6.45, 7) is 1.22. The van der Waals surface area contributed by atoms with E-state index in [9.17, 15) is 0 Å². The van der Waals surface area contributed by atoms with Crippen LogP contribution in [0.3, 0.4) is 0 Å². The largest absolute Gasteiger partial charge is 0.486 e. The van der Waals surface area contributed by atoms with E-state index in [0.717, 1.165) is 17.3 Å². The minimum absolute atomic E-state index is 0.396. The molecule has 0 fully saturated rings. The third-order valence-electron chi connectivity index (χ3n) is 2.08. The fraction of sp³-hybridized carbons (Fsp3) is 0.273. The van der Waals surface area contributed by atoms with Gasteiger partial charge in [-0.05, 0) is 36.3 Å². The Morgan fingerprint density at radius 3 is 3.00 bits per heavy atom. The lowest BCUT2D eigenvalue weighted by Crippen LogP contribution is -2.05. The molecule has 1 aromatic heterocycles. The maximum absolute atomic E-state index is 5.69. The Kier molecular flexibility index (Phi) is 4.30. The molecule has 0 aliphatic heterocycles. The average Bonchev–Trinajstić information content (AvgIpc) is 2.74. The molecule has 4 nitrogen and oxygen atoms in total. The van der Waals surface area contributed by atoms with Crippen molar-refractivity contribution in [2.75, 3.05) is 7.05 Å². The van der Waals surface area contributed by atoms with Crippen molar-refractivity contribution >= 4 is 22.9 Å². The number of halogens is 1. The van der Waals surface area contributed by atoms with E-state index in [1.165, 1.54) is 16.9 Å². The van der Waals surface area contributed by atoms with Gasteiger partial charge >= 0.3 is 0 Å². The molecule has 0 aliphatic rings. The van der Waals surface area contributed by atoms with Crippen LogP contribution >= 0.6 is 22.9 Å². The summed E-state index contributed by atoms with van der Waals surface area (Å²) in [5, 5.41) is 11.5. The SMILES string of the molecule is CNCc1cccc(OCc2nnc(Cl)s2)c1. The number of hydrogen-bond acceptors (Lipinski definition) is 5. The summed E-state index contributed by atoms with van der Waals surface area (Å²) in [5.74, 6) is 0.823. The molecular formula is C11H12ClN3OS. The van der Waals surface area contributed by atoms with Crippen LogP contribution in [-0.2, 0) is 13.2 Å². The van der Waals surface area contributed by atoms with Gasteiger partial charge in [0.15, 0.2) is 5.01 Å². The normalized spacial score (nSPS) is 10.5. The first-order chi connectivity index (χ1) is 8.28. The first kappa shape index (κ1) is 12.3. The predicted molar refractivity (Wildman–Crippen MR) is 68.5 cm³/mol. The van der Waals surface area contributed by atoms with Crippen LogP contribution in [0.15, 0.2) is 24.3 Å². The van der Waals surface area contributed by atoms with E-state index in [1.807, 2.05) is 31.3 Å². The lowest BCUT2D eigenvalue weighted by Gasteiger charge is -2.06. The molecule has 2 rings (SSSR count). The standard InChI is InChI=1S/C11H12ClN3OS/c1-13-6-8-3-2-4-9(5-8)16-7-10-14-15-11(12)17-10/h2-5,13H,6-7H2,1H3. The molecule has 0 radical (unpaired) electrons. The molecule has 0 unspecified atom stereocenters. The Morgan fingerprint density at radius 2 is 2.29 bits per heavy atom. The Morgan fingerprint density at radius 1 is 1.41 bits per heavy atom. The summed E-state index contributed by atoms with van der Waals surface area (Å²) < 4.78 is 6.05. The van der Waals surface area contributed by atoms with Crippen LogP contribution in [-0.4, -0.2) is 17.2 Å². The van der Waals surface area contributed by atoms with E-state index in [2.05, 4.69) is 15.5 Å². The van der Waals surface area contributed by atoms with Crippen molar-refractivity contribution in [1.82, 2.24) is 15.5 Å². The van der Waals surface area contributed by atoms with Crippen molar-refractivity contribution in [3.05, 3.63) is 39.3 Å². The zero-order chi connectivity index (χ0) is 12.1. The molecule has 0 atom stereocenters. The second-order valence-electron chi connectivity index (χ2n) is 3.42. The van der Waals surface area contributed by atoms with Crippen LogP contribution < -0.4 is 10.1 Å². The summed E-state index contributed by atoms with van der Waals surface area (Å²) in [6, 6.07) is 7.93. The molecule has 17 heavy (non-hydrogen) atoms. The monoisotopic (exact) mass is 269 g/mol. The van der Waals surface area contributed by atoms with E-state index in [1.54, 1.807) is 0 Å². The molecular weight excluding hydrogens is 258 g/mol. The van der Waals surface area contributed by atoms with Crippen LogP contribution in [0.4, 0.5) is 0 Å². The van der Waals surface area contributed by atoms with E-state index in [4.69, 9.17) is 16.3 Å². The molecule has 6 heteroatoms. The Bertz CT molecular complexity index is 489. The molecule has 1 aromatic carbocycles. The molecule has 0 spiro atoms. The lowest BCUT2D eigenvalue weighted by atomic mass is 10.2. The second-order valence-corrected chi connectivity index (χ2v) is 5.06. The minimum Gasteiger partial charge on any atom is -0.486 e. The first-order valence-electron chi connectivity index (χ1n) is 5.12. The number of aromatic nitrogens is 2. The van der Waals surface area contributed by atoms with Gasteiger partial charge in [-0.3, -0.25) is 0 Å². The summed E-state index contributed by atoms with van der Waals surface area (Å²) in [4.78, 5) is 0. The van der Waals surface area contributed by atoms with Gasteiger partial charge in [0, 0.05) is 6.54 Å². The maximum atomic E-state index is 5.69. The topological polar surface area (TPSA) is 47.0 Å². The Hall–Kier alpha value is -1.17. The highest BCUT2D eigenvalue weighted by molar-refractivity contribution is 7.15. The second kappa shape index (κ2) is 5.95. The van der Waals surface area contributed by atoms with Gasteiger partial charge in [-0.1, -0.05) is 23.5 Å². The van der Waals surface area contributed by atoms with Crippen molar-refractivity contribution in [3.63, 3.8) is 0 Å². The number of nitrogens with one attached hydrogen (secondary N) is 1. The van der Waals surface area contributed by atoms with Gasteiger partial charge in [0.1, 0.15) is 12.4 Å². The van der Waals surface area contributed by atoms with Crippen molar-refractivity contribution in [2.24, 2.45) is 0 Å². The van der Waals surface area contributed by atoms with Gasteiger partial charge in [-0.15, -0.1) is 10.2 Å². The minimum atomic E-state index is 0.396. The van der Waals surface area contributed by atoms with Gasteiger partial charge in [0.2, 0.25) is 4.47 Å². The molecule has 0 aliphatic carbocycles. The van der Waals surface area contributed by atoms with E-state index in [-0.39, 0.29) is 0 Å².